The molecule has 268 valence electrons. The van der Waals surface area contributed by atoms with Gasteiger partial charge in [-0.3, -0.25) is 39.2 Å². The van der Waals surface area contributed by atoms with Crippen molar-refractivity contribution in [3.8, 4) is 0 Å². The first kappa shape index (κ1) is 38.8. The standard InChI is InChI=1S/C29H31F3N8O9S/c1-13(2)22(42)38-28-37-21-20(24(44)39-28)34-15(10-33-21)11-40(27(48)29(30,31)32)16-6-4-14(5-7-16)23(43)36-17(26(47)49-3)8-9-19(41)35-18(12-50)25(45)46/h4-7,10,13,17-18,50H,8-9,11-12H2,1-3H3,(H,35,41)(H,36,43)(H,45,46)(H2,33,37,38,39,42,44)/t17-,18+/m0/s1. The van der Waals surface area contributed by atoms with E-state index < -0.39 is 71.8 Å². The van der Waals surface area contributed by atoms with E-state index in [1.807, 2.05) is 0 Å². The Morgan fingerprint density at radius 2 is 1.70 bits per heavy atom. The highest BCUT2D eigenvalue weighted by Crippen LogP contribution is 2.26. The molecule has 0 aliphatic carbocycles. The van der Waals surface area contributed by atoms with Gasteiger partial charge in [-0.25, -0.2) is 19.6 Å². The highest BCUT2D eigenvalue weighted by Gasteiger charge is 2.43. The molecule has 2 heterocycles. The van der Waals surface area contributed by atoms with E-state index in [-0.39, 0.29) is 52.7 Å². The third-order valence-electron chi connectivity index (χ3n) is 6.75. The second-order valence-corrected chi connectivity index (χ2v) is 11.1. The van der Waals surface area contributed by atoms with Gasteiger partial charge in [-0.05, 0) is 30.7 Å². The Labute approximate surface area is 285 Å². The zero-order chi connectivity index (χ0) is 37.3. The molecule has 2 aromatic heterocycles. The molecule has 4 amide bonds. The maximum atomic E-state index is 13.6. The molecular formula is C29H31F3N8O9S. The molecule has 0 saturated carbocycles. The van der Waals surface area contributed by atoms with Crippen LogP contribution in [0.3, 0.4) is 0 Å². The zero-order valence-corrected chi connectivity index (χ0v) is 27.4. The fourth-order valence-electron chi connectivity index (χ4n) is 4.10. The van der Waals surface area contributed by atoms with Crippen LogP contribution in [-0.4, -0.2) is 91.7 Å². The first-order valence-corrected chi connectivity index (χ1v) is 15.2. The number of hydrogen-bond acceptors (Lipinski definition) is 12. The van der Waals surface area contributed by atoms with Crippen LogP contribution < -0.4 is 26.4 Å². The summed E-state index contributed by atoms with van der Waals surface area (Å²) in [6.07, 6.45) is -5.04. The minimum absolute atomic E-state index is 0.156. The number of H-pyrrole nitrogens is 1. The number of anilines is 2. The van der Waals surface area contributed by atoms with Crippen molar-refractivity contribution in [1.82, 2.24) is 30.6 Å². The molecule has 0 unspecified atom stereocenters. The number of nitrogens with zero attached hydrogens (tertiary/aromatic N) is 4. The maximum absolute atomic E-state index is 13.6. The largest absolute Gasteiger partial charge is 0.480 e. The van der Waals surface area contributed by atoms with Crippen molar-refractivity contribution in [3.05, 3.63) is 52.1 Å². The lowest BCUT2D eigenvalue weighted by Crippen LogP contribution is -2.45. The van der Waals surface area contributed by atoms with Crippen molar-refractivity contribution < 1.29 is 51.8 Å². The zero-order valence-electron chi connectivity index (χ0n) is 26.5. The van der Waals surface area contributed by atoms with Gasteiger partial charge in [0.25, 0.3) is 11.5 Å². The number of benzene rings is 1. The summed E-state index contributed by atoms with van der Waals surface area (Å²) < 4.78 is 45.6. The Bertz CT molecular complexity index is 1840. The van der Waals surface area contributed by atoms with Gasteiger partial charge in [0.15, 0.2) is 11.2 Å². The summed E-state index contributed by atoms with van der Waals surface area (Å²) in [6.45, 7) is 2.40. The van der Waals surface area contributed by atoms with Crippen molar-refractivity contribution >= 4 is 71.0 Å². The summed E-state index contributed by atoms with van der Waals surface area (Å²) >= 11 is 3.84. The Kier molecular flexibility index (Phi) is 13.0. The number of aliphatic carboxylic acids is 1. The molecule has 0 spiro atoms. The van der Waals surface area contributed by atoms with Crippen LogP contribution in [0.1, 0.15) is 42.7 Å². The Hall–Kier alpha value is -5.60. The summed E-state index contributed by atoms with van der Waals surface area (Å²) in [5.74, 6) is -7.51. The Balaban J connectivity index is 1.82. The fraction of sp³-hybridized carbons (Fsp3) is 0.379. The highest BCUT2D eigenvalue weighted by molar-refractivity contribution is 7.80. The number of fused-ring (bicyclic) bond motifs is 1. The average Bonchev–Trinajstić information content (AvgIpc) is 3.06. The molecule has 0 radical (unpaired) electrons. The smallest absolute Gasteiger partial charge is 0.471 e. The number of esters is 1. The first-order valence-electron chi connectivity index (χ1n) is 14.5. The molecule has 17 nitrogen and oxygen atoms in total. The average molecular weight is 725 g/mol. The summed E-state index contributed by atoms with van der Waals surface area (Å²) in [7, 11) is 1.03. The monoisotopic (exact) mass is 724 g/mol. The van der Waals surface area contributed by atoms with Crippen molar-refractivity contribution in [2.45, 2.75) is 51.5 Å². The van der Waals surface area contributed by atoms with E-state index in [1.165, 1.54) is 0 Å². The number of carbonyl (C=O) groups excluding carboxylic acids is 5. The van der Waals surface area contributed by atoms with E-state index >= 15 is 0 Å². The normalized spacial score (nSPS) is 12.5. The minimum atomic E-state index is -5.35. The molecule has 3 rings (SSSR count). The van der Waals surface area contributed by atoms with Crippen LogP contribution in [0.2, 0.25) is 0 Å². The van der Waals surface area contributed by atoms with Crippen LogP contribution in [0.4, 0.5) is 24.8 Å². The number of carboxylic acid groups (broad SMARTS) is 1. The van der Waals surface area contributed by atoms with Gasteiger partial charge in [0.05, 0.1) is 25.5 Å². The Morgan fingerprint density at radius 3 is 2.26 bits per heavy atom. The van der Waals surface area contributed by atoms with Gasteiger partial charge in [-0.15, -0.1) is 0 Å². The second kappa shape index (κ2) is 16.7. The van der Waals surface area contributed by atoms with Crippen LogP contribution in [0, 0.1) is 5.92 Å². The van der Waals surface area contributed by atoms with E-state index in [4.69, 9.17) is 5.11 Å². The van der Waals surface area contributed by atoms with Crippen molar-refractivity contribution in [2.24, 2.45) is 5.92 Å². The Morgan fingerprint density at radius 1 is 1.04 bits per heavy atom. The van der Waals surface area contributed by atoms with E-state index in [9.17, 15) is 46.7 Å². The number of halogens is 3. The molecule has 3 aromatic rings. The quantitative estimate of drug-likeness (QED) is 0.101. The topological polar surface area (TPSA) is 243 Å². The SMILES string of the molecule is COC(=O)[C@H](CCC(=O)N[C@H](CS)C(=O)O)NC(=O)c1ccc(N(Cc2cnc3nc(NC(=O)C(C)C)[nH]c(=O)c3n2)C(=O)C(F)(F)F)cc1. The lowest BCUT2D eigenvalue weighted by molar-refractivity contribution is -0.170. The van der Waals surface area contributed by atoms with Crippen LogP contribution in [0.25, 0.3) is 11.2 Å². The van der Waals surface area contributed by atoms with Crippen molar-refractivity contribution in [1.29, 1.82) is 0 Å². The van der Waals surface area contributed by atoms with Crippen LogP contribution in [-0.2, 0) is 35.3 Å². The summed E-state index contributed by atoms with van der Waals surface area (Å²) in [5, 5.41) is 16.0. The van der Waals surface area contributed by atoms with E-state index in [0.29, 0.717) is 4.90 Å². The van der Waals surface area contributed by atoms with Gasteiger partial charge in [0, 0.05) is 29.3 Å². The summed E-state index contributed by atoms with van der Waals surface area (Å²) in [4.78, 5) is 100. The number of aromatic amines is 1. The van der Waals surface area contributed by atoms with Gasteiger partial charge in [0.1, 0.15) is 12.1 Å². The fourth-order valence-corrected chi connectivity index (χ4v) is 4.35. The molecule has 0 aliphatic rings. The number of carbonyl (C=O) groups is 6. The van der Waals surface area contributed by atoms with Gasteiger partial charge in [0.2, 0.25) is 17.8 Å². The van der Waals surface area contributed by atoms with E-state index in [0.717, 1.165) is 37.6 Å². The third-order valence-corrected chi connectivity index (χ3v) is 7.11. The van der Waals surface area contributed by atoms with Crippen LogP contribution in [0.15, 0.2) is 35.3 Å². The molecule has 0 fully saturated rings. The van der Waals surface area contributed by atoms with Gasteiger partial charge >= 0.3 is 24.0 Å². The lowest BCUT2D eigenvalue weighted by atomic mass is 10.1. The molecular weight excluding hydrogens is 693 g/mol. The highest BCUT2D eigenvalue weighted by atomic mass is 32.1. The van der Waals surface area contributed by atoms with E-state index in [1.54, 1.807) is 13.8 Å². The lowest BCUT2D eigenvalue weighted by Gasteiger charge is -2.24. The predicted molar refractivity (Wildman–Crippen MR) is 171 cm³/mol. The number of amides is 4. The predicted octanol–water partition coefficient (Wildman–Crippen LogP) is 0.954. The second-order valence-electron chi connectivity index (χ2n) is 10.8. The molecule has 0 bridgehead atoms. The number of aromatic nitrogens is 4. The van der Waals surface area contributed by atoms with Crippen LogP contribution >= 0.6 is 12.6 Å². The maximum Gasteiger partial charge on any atom is 0.471 e. The number of hydrogen-bond donors (Lipinski definition) is 6. The molecule has 21 heteroatoms. The first-order chi connectivity index (χ1) is 23.4. The number of thiol groups is 1. The number of carboxylic acids is 1. The number of nitrogens with one attached hydrogen (secondary N) is 4. The number of alkyl halides is 3. The third kappa shape index (κ3) is 10.2. The van der Waals surface area contributed by atoms with E-state index in [2.05, 4.69) is 53.3 Å². The number of rotatable bonds is 14. The van der Waals surface area contributed by atoms with Crippen LogP contribution in [0.5, 0.6) is 0 Å². The molecule has 2 atom stereocenters. The van der Waals surface area contributed by atoms with Gasteiger partial charge < -0.3 is 20.5 Å². The molecule has 0 aliphatic heterocycles. The van der Waals surface area contributed by atoms with Crippen molar-refractivity contribution in [2.75, 3.05) is 23.1 Å². The molecule has 0 saturated heterocycles. The summed E-state index contributed by atoms with van der Waals surface area (Å²) in [5.41, 5.74) is -2.19. The molecule has 5 N–H and O–H groups in total. The molecule has 50 heavy (non-hydrogen) atoms. The minimum Gasteiger partial charge on any atom is -0.480 e. The van der Waals surface area contributed by atoms with Gasteiger partial charge in [-0.2, -0.15) is 30.8 Å². The van der Waals surface area contributed by atoms with Gasteiger partial charge in [-0.1, -0.05) is 13.8 Å². The number of ether oxygens (including phenoxy) is 1. The summed E-state index contributed by atoms with van der Waals surface area (Å²) in [6, 6.07) is 1.53. The number of methoxy groups -OCH3 is 1. The van der Waals surface area contributed by atoms with Crippen molar-refractivity contribution in [3.63, 3.8) is 0 Å². The molecule has 1 aromatic carbocycles.